The van der Waals surface area contributed by atoms with Crippen LogP contribution in [0.3, 0.4) is 0 Å². The molecule has 0 aromatic heterocycles. The summed E-state index contributed by atoms with van der Waals surface area (Å²) in [5.74, 6) is 0.0410. The Morgan fingerprint density at radius 3 is 2.62 bits per heavy atom. The van der Waals surface area contributed by atoms with Gasteiger partial charge in [0, 0.05) is 4.47 Å². The van der Waals surface area contributed by atoms with Gasteiger partial charge < -0.3 is 9.84 Å². The predicted molar refractivity (Wildman–Crippen MR) is 84.3 cm³/mol. The fourth-order valence-corrected chi connectivity index (χ4v) is 3.21. The van der Waals surface area contributed by atoms with Crippen LogP contribution in [0.2, 0.25) is 0 Å². The summed E-state index contributed by atoms with van der Waals surface area (Å²) in [5.41, 5.74) is 2.84. The maximum absolute atomic E-state index is 11.4. The number of hydrogen-bond donors (Lipinski definition) is 1. The summed E-state index contributed by atoms with van der Waals surface area (Å²) in [5, 5.41) is 9.31. The minimum Gasteiger partial charge on any atom is -0.478 e. The van der Waals surface area contributed by atoms with Crippen molar-refractivity contribution in [2.24, 2.45) is 0 Å². The number of benzene rings is 2. The minimum absolute atomic E-state index is 0.148. The third-order valence-corrected chi connectivity index (χ3v) is 4.40. The van der Waals surface area contributed by atoms with Crippen LogP contribution < -0.4 is 4.74 Å². The zero-order chi connectivity index (χ0) is 14.8. The van der Waals surface area contributed by atoms with Crippen molar-refractivity contribution in [1.82, 2.24) is 0 Å². The molecule has 2 aromatic carbocycles. The van der Waals surface area contributed by atoms with Crippen molar-refractivity contribution in [3.8, 4) is 11.5 Å². The van der Waals surface area contributed by atoms with E-state index in [0.29, 0.717) is 16.0 Å². The Kier molecular flexibility index (Phi) is 3.97. The molecular weight excluding hydrogens is 332 g/mol. The lowest BCUT2D eigenvalue weighted by molar-refractivity contribution is 0.0693. The average Bonchev–Trinajstić information content (AvgIpc) is 2.47. The number of carboxylic acids is 1. The Labute approximate surface area is 131 Å². The van der Waals surface area contributed by atoms with Crippen molar-refractivity contribution in [2.45, 2.75) is 25.7 Å². The zero-order valence-electron chi connectivity index (χ0n) is 11.4. The van der Waals surface area contributed by atoms with E-state index in [1.165, 1.54) is 24.0 Å². The molecule has 0 fully saturated rings. The first-order valence-electron chi connectivity index (χ1n) is 6.96. The van der Waals surface area contributed by atoms with E-state index in [-0.39, 0.29) is 5.56 Å². The molecule has 0 saturated heterocycles. The average molecular weight is 347 g/mol. The number of carbonyl (C=O) groups is 1. The maximum atomic E-state index is 11.4. The normalized spacial score (nSPS) is 13.6. The highest BCUT2D eigenvalue weighted by atomic mass is 79.9. The van der Waals surface area contributed by atoms with Gasteiger partial charge in [-0.25, -0.2) is 4.79 Å². The number of aromatic carboxylic acids is 1. The second kappa shape index (κ2) is 5.90. The number of carboxylic acid groups (broad SMARTS) is 1. The summed E-state index contributed by atoms with van der Waals surface area (Å²) in [6.07, 6.45) is 4.62. The van der Waals surface area contributed by atoms with E-state index in [2.05, 4.69) is 22.0 Å². The van der Waals surface area contributed by atoms with Crippen LogP contribution in [-0.2, 0) is 12.8 Å². The number of ether oxygens (including phenoxy) is 1. The number of aryl methyl sites for hydroxylation is 2. The molecule has 1 aliphatic carbocycles. The van der Waals surface area contributed by atoms with Gasteiger partial charge in [0.1, 0.15) is 17.1 Å². The second-order valence-corrected chi connectivity index (χ2v) is 6.01. The number of hydrogen-bond acceptors (Lipinski definition) is 2. The second-order valence-electron chi connectivity index (χ2n) is 5.16. The molecule has 0 atom stereocenters. The number of fused-ring (bicyclic) bond motifs is 1. The van der Waals surface area contributed by atoms with Gasteiger partial charge in [0.05, 0.1) is 0 Å². The molecule has 4 heteroatoms. The highest BCUT2D eigenvalue weighted by Crippen LogP contribution is 2.32. The van der Waals surface area contributed by atoms with Crippen LogP contribution in [0.25, 0.3) is 0 Å². The molecule has 108 valence electrons. The van der Waals surface area contributed by atoms with Gasteiger partial charge in [0.25, 0.3) is 0 Å². The third-order valence-electron chi connectivity index (χ3n) is 3.74. The SMILES string of the molecule is O=C(O)c1c(Br)cccc1Oc1ccc2c(c1)CCCC2. The van der Waals surface area contributed by atoms with E-state index < -0.39 is 5.97 Å². The molecular formula is C17H15BrO3. The highest BCUT2D eigenvalue weighted by molar-refractivity contribution is 9.10. The van der Waals surface area contributed by atoms with Crippen molar-refractivity contribution < 1.29 is 14.6 Å². The molecule has 3 nitrogen and oxygen atoms in total. The largest absolute Gasteiger partial charge is 0.478 e. The smallest absolute Gasteiger partial charge is 0.340 e. The Morgan fingerprint density at radius 2 is 1.86 bits per heavy atom. The molecule has 0 amide bonds. The van der Waals surface area contributed by atoms with Gasteiger partial charge >= 0.3 is 5.97 Å². The topological polar surface area (TPSA) is 46.5 Å². The molecule has 2 aromatic rings. The summed E-state index contributed by atoms with van der Waals surface area (Å²) in [7, 11) is 0. The minimum atomic E-state index is -1.00. The van der Waals surface area contributed by atoms with Crippen molar-refractivity contribution in [3.63, 3.8) is 0 Å². The van der Waals surface area contributed by atoms with Gasteiger partial charge in [-0.1, -0.05) is 12.1 Å². The monoisotopic (exact) mass is 346 g/mol. The van der Waals surface area contributed by atoms with Crippen molar-refractivity contribution in [2.75, 3.05) is 0 Å². The van der Waals surface area contributed by atoms with Crippen molar-refractivity contribution >= 4 is 21.9 Å². The first kappa shape index (κ1) is 14.1. The molecule has 3 rings (SSSR count). The van der Waals surface area contributed by atoms with E-state index in [1.54, 1.807) is 18.2 Å². The van der Waals surface area contributed by atoms with Crippen molar-refractivity contribution in [1.29, 1.82) is 0 Å². The Hall–Kier alpha value is -1.81. The van der Waals surface area contributed by atoms with Gasteiger partial charge in [0.15, 0.2) is 0 Å². The van der Waals surface area contributed by atoms with E-state index in [1.807, 2.05) is 12.1 Å². The van der Waals surface area contributed by atoms with Gasteiger partial charge in [-0.3, -0.25) is 0 Å². The Bertz CT molecular complexity index is 694. The molecule has 1 aliphatic rings. The quantitative estimate of drug-likeness (QED) is 0.866. The molecule has 0 spiro atoms. The lowest BCUT2D eigenvalue weighted by atomic mass is 9.92. The Balaban J connectivity index is 1.94. The first-order chi connectivity index (χ1) is 10.1. The maximum Gasteiger partial charge on any atom is 0.340 e. The van der Waals surface area contributed by atoms with Gasteiger partial charge in [0.2, 0.25) is 0 Å². The van der Waals surface area contributed by atoms with E-state index in [4.69, 9.17) is 4.74 Å². The number of rotatable bonds is 3. The van der Waals surface area contributed by atoms with Gasteiger partial charge in [-0.2, -0.15) is 0 Å². The van der Waals surface area contributed by atoms with Crippen LogP contribution >= 0.6 is 15.9 Å². The molecule has 0 unspecified atom stereocenters. The fraction of sp³-hybridized carbons (Fsp3) is 0.235. The van der Waals surface area contributed by atoms with Crippen LogP contribution in [0, 0.1) is 0 Å². The highest BCUT2D eigenvalue weighted by Gasteiger charge is 2.16. The third kappa shape index (κ3) is 2.95. The van der Waals surface area contributed by atoms with E-state index in [0.717, 1.165) is 12.8 Å². The standard InChI is InChI=1S/C17H15BrO3/c18-14-6-3-7-15(16(14)17(19)20)21-13-9-8-11-4-1-2-5-12(11)10-13/h3,6-10H,1-2,4-5H2,(H,19,20). The van der Waals surface area contributed by atoms with E-state index in [9.17, 15) is 9.90 Å². The van der Waals surface area contributed by atoms with Crippen LogP contribution in [0.5, 0.6) is 11.5 Å². The summed E-state index contributed by atoms with van der Waals surface area (Å²) in [4.78, 5) is 11.4. The summed E-state index contributed by atoms with van der Waals surface area (Å²) in [6.45, 7) is 0. The van der Waals surface area contributed by atoms with Crippen molar-refractivity contribution in [3.05, 3.63) is 57.6 Å². The molecule has 0 bridgehead atoms. The molecule has 0 aliphatic heterocycles. The van der Waals surface area contributed by atoms with E-state index >= 15 is 0 Å². The first-order valence-corrected chi connectivity index (χ1v) is 7.76. The predicted octanol–water partition coefficient (Wildman–Crippen LogP) is 4.82. The summed E-state index contributed by atoms with van der Waals surface area (Å²) < 4.78 is 6.33. The summed E-state index contributed by atoms with van der Waals surface area (Å²) >= 11 is 3.26. The Morgan fingerprint density at radius 1 is 1.10 bits per heavy atom. The van der Waals surface area contributed by atoms with Crippen LogP contribution in [0.1, 0.15) is 34.3 Å². The fourth-order valence-electron chi connectivity index (χ4n) is 2.70. The van der Waals surface area contributed by atoms with Crippen LogP contribution in [-0.4, -0.2) is 11.1 Å². The van der Waals surface area contributed by atoms with Gasteiger partial charge in [-0.05, 0) is 77.0 Å². The van der Waals surface area contributed by atoms with Crippen LogP contribution in [0.15, 0.2) is 40.9 Å². The molecule has 0 heterocycles. The lowest BCUT2D eigenvalue weighted by Gasteiger charge is -2.17. The zero-order valence-corrected chi connectivity index (χ0v) is 13.0. The van der Waals surface area contributed by atoms with Gasteiger partial charge in [-0.15, -0.1) is 0 Å². The molecule has 0 radical (unpaired) electrons. The molecule has 1 N–H and O–H groups in total. The lowest BCUT2D eigenvalue weighted by Crippen LogP contribution is -2.04. The number of halogens is 1. The van der Waals surface area contributed by atoms with Crippen LogP contribution in [0.4, 0.5) is 0 Å². The summed E-state index contributed by atoms with van der Waals surface area (Å²) in [6, 6.07) is 11.2. The molecule has 0 saturated carbocycles. The molecule has 21 heavy (non-hydrogen) atoms.